The second kappa shape index (κ2) is 12.1. The Morgan fingerprint density at radius 2 is 1.37 bits per heavy atom. The van der Waals surface area contributed by atoms with Gasteiger partial charge in [0.2, 0.25) is 0 Å². The lowest BCUT2D eigenvalue weighted by Gasteiger charge is -2.36. The van der Waals surface area contributed by atoms with E-state index in [1.807, 2.05) is 25.1 Å². The fourth-order valence-corrected chi connectivity index (χ4v) is 5.88. The molecular formula is C34H38O4. The maximum atomic E-state index is 11.7. The quantitative estimate of drug-likeness (QED) is 0.118. The number of carbonyl (C=O) groups excluding carboxylic acids is 1. The lowest BCUT2D eigenvalue weighted by molar-refractivity contribution is -0.144. The van der Waals surface area contributed by atoms with E-state index in [-0.39, 0.29) is 30.2 Å². The van der Waals surface area contributed by atoms with Gasteiger partial charge in [-0.05, 0) is 60.8 Å². The molecule has 3 aromatic carbocycles. The number of carbonyl (C=O) groups is 1. The molecule has 0 aromatic heterocycles. The molecule has 2 aliphatic heterocycles. The van der Waals surface area contributed by atoms with Crippen molar-refractivity contribution in [2.45, 2.75) is 69.4 Å². The number of benzene rings is 3. The van der Waals surface area contributed by atoms with Crippen molar-refractivity contribution in [3.05, 3.63) is 120 Å². The van der Waals surface area contributed by atoms with Gasteiger partial charge in [0.05, 0.1) is 18.1 Å². The summed E-state index contributed by atoms with van der Waals surface area (Å²) >= 11 is 0. The summed E-state index contributed by atoms with van der Waals surface area (Å²) < 4.78 is 18.8. The van der Waals surface area contributed by atoms with Gasteiger partial charge in [-0.3, -0.25) is 4.79 Å². The third-order valence-corrected chi connectivity index (χ3v) is 7.88. The molecule has 4 atom stereocenters. The van der Waals surface area contributed by atoms with E-state index in [1.54, 1.807) is 0 Å². The Morgan fingerprint density at radius 1 is 0.816 bits per heavy atom. The van der Waals surface area contributed by atoms with Crippen LogP contribution in [-0.2, 0) is 24.6 Å². The molecule has 5 rings (SSSR count). The van der Waals surface area contributed by atoms with E-state index in [4.69, 9.17) is 14.2 Å². The molecule has 2 saturated heterocycles. The molecule has 0 bridgehead atoms. The Balaban J connectivity index is 1.23. The average Bonchev–Trinajstić information content (AvgIpc) is 3.48. The molecule has 0 saturated carbocycles. The zero-order valence-electron chi connectivity index (χ0n) is 22.3. The molecule has 0 aliphatic carbocycles. The Morgan fingerprint density at radius 3 is 1.87 bits per heavy atom. The van der Waals surface area contributed by atoms with Crippen molar-refractivity contribution in [1.82, 2.24) is 0 Å². The van der Waals surface area contributed by atoms with Crippen molar-refractivity contribution in [2.75, 3.05) is 6.61 Å². The van der Waals surface area contributed by atoms with Crippen molar-refractivity contribution in [3.8, 4) is 0 Å². The zero-order valence-corrected chi connectivity index (χ0v) is 22.3. The smallest absolute Gasteiger partial charge is 0.309 e. The summed E-state index contributed by atoms with van der Waals surface area (Å²) in [5, 5.41) is 0. The average molecular weight is 511 g/mol. The summed E-state index contributed by atoms with van der Waals surface area (Å²) in [5.74, 6) is -0.0631. The van der Waals surface area contributed by atoms with Crippen molar-refractivity contribution < 1.29 is 19.0 Å². The Labute approximate surface area is 226 Å². The fourth-order valence-electron chi connectivity index (χ4n) is 5.88. The Hall–Kier alpha value is -3.21. The second-order valence-electron chi connectivity index (χ2n) is 10.7. The van der Waals surface area contributed by atoms with Crippen LogP contribution in [0.1, 0.15) is 62.1 Å². The van der Waals surface area contributed by atoms with Crippen LogP contribution in [0.4, 0.5) is 0 Å². The van der Waals surface area contributed by atoms with Crippen LogP contribution in [0.3, 0.4) is 0 Å². The lowest BCUT2D eigenvalue weighted by atomic mass is 9.80. The fraction of sp³-hybridized carbons (Fsp3) is 0.382. The van der Waals surface area contributed by atoms with Crippen LogP contribution in [0.15, 0.2) is 103 Å². The van der Waals surface area contributed by atoms with Crippen LogP contribution >= 0.6 is 0 Å². The summed E-state index contributed by atoms with van der Waals surface area (Å²) in [7, 11) is 0. The summed E-state index contributed by atoms with van der Waals surface area (Å²) in [6.07, 6.45) is 5.41. The van der Waals surface area contributed by atoms with Gasteiger partial charge >= 0.3 is 5.97 Å². The number of hydrogen-bond acceptors (Lipinski definition) is 4. The van der Waals surface area contributed by atoms with Gasteiger partial charge in [-0.25, -0.2) is 0 Å². The van der Waals surface area contributed by atoms with Gasteiger partial charge in [0.15, 0.2) is 0 Å². The second-order valence-corrected chi connectivity index (χ2v) is 10.7. The van der Waals surface area contributed by atoms with Gasteiger partial charge in [0.25, 0.3) is 0 Å². The number of hydrogen-bond donors (Lipinski definition) is 0. The van der Waals surface area contributed by atoms with Crippen molar-refractivity contribution in [1.29, 1.82) is 0 Å². The normalized spacial score (nSPS) is 23.5. The monoisotopic (exact) mass is 510 g/mol. The van der Waals surface area contributed by atoms with Crippen molar-refractivity contribution in [3.63, 3.8) is 0 Å². The van der Waals surface area contributed by atoms with Crippen LogP contribution in [-0.4, -0.2) is 30.9 Å². The highest BCUT2D eigenvalue weighted by atomic mass is 16.6. The van der Waals surface area contributed by atoms with E-state index in [9.17, 15) is 4.79 Å². The van der Waals surface area contributed by atoms with Crippen LogP contribution in [0.2, 0.25) is 0 Å². The van der Waals surface area contributed by atoms with Crippen LogP contribution < -0.4 is 0 Å². The standard InChI is InChI=1S/C34H38O4/c1-25-23-30(37-32(25)21-20-31-24-26(2)33(35)38-31)19-12-22-36-34(27-13-6-3-7-14-27,28-15-8-4-9-16-28)29-17-10-5-11-18-29/h3-11,13-18,26,30-32H,1,12,19-24H2,2H3/t26-,30+,31?,32+/m1/s1. The molecule has 0 amide bonds. The first-order valence-corrected chi connectivity index (χ1v) is 13.9. The van der Waals surface area contributed by atoms with Crippen LogP contribution in [0, 0.1) is 5.92 Å². The third kappa shape index (κ3) is 5.77. The predicted octanol–water partition coefficient (Wildman–Crippen LogP) is 7.22. The zero-order chi connectivity index (χ0) is 26.4. The SMILES string of the molecule is C=C1C[C@H](CCCOC(c2ccccc2)(c2ccccc2)c2ccccc2)O[C@H]1CCC1C[C@@H](C)C(=O)O1. The van der Waals surface area contributed by atoms with E-state index in [1.165, 1.54) is 0 Å². The lowest BCUT2D eigenvalue weighted by Crippen LogP contribution is -2.33. The molecule has 2 fully saturated rings. The van der Waals surface area contributed by atoms with Gasteiger partial charge in [0, 0.05) is 6.61 Å². The van der Waals surface area contributed by atoms with Crippen LogP contribution in [0.5, 0.6) is 0 Å². The molecule has 38 heavy (non-hydrogen) atoms. The third-order valence-electron chi connectivity index (χ3n) is 7.88. The van der Waals surface area contributed by atoms with Gasteiger partial charge < -0.3 is 14.2 Å². The van der Waals surface area contributed by atoms with E-state index in [0.717, 1.165) is 60.8 Å². The highest BCUT2D eigenvalue weighted by molar-refractivity contribution is 5.74. The highest BCUT2D eigenvalue weighted by Gasteiger charge is 2.38. The first-order valence-electron chi connectivity index (χ1n) is 13.9. The van der Waals surface area contributed by atoms with E-state index >= 15 is 0 Å². The first kappa shape index (κ1) is 26.4. The number of rotatable bonds is 11. The Kier molecular flexibility index (Phi) is 8.41. The molecule has 0 N–H and O–H groups in total. The summed E-state index contributed by atoms with van der Waals surface area (Å²) in [5.41, 5.74) is 3.81. The Bertz CT molecular complexity index is 1090. The minimum atomic E-state index is -0.692. The molecule has 0 radical (unpaired) electrons. The molecule has 198 valence electrons. The molecule has 4 nitrogen and oxygen atoms in total. The van der Waals surface area contributed by atoms with E-state index < -0.39 is 5.60 Å². The molecule has 3 aromatic rings. The molecule has 2 heterocycles. The topological polar surface area (TPSA) is 44.8 Å². The van der Waals surface area contributed by atoms with Gasteiger partial charge in [-0.2, -0.15) is 0 Å². The maximum absolute atomic E-state index is 11.7. The van der Waals surface area contributed by atoms with Crippen molar-refractivity contribution >= 4 is 5.97 Å². The van der Waals surface area contributed by atoms with E-state index in [0.29, 0.717) is 6.61 Å². The molecule has 2 aliphatic rings. The molecule has 1 unspecified atom stereocenters. The number of esters is 1. The minimum absolute atomic E-state index is 0.00947. The number of cyclic esters (lactones) is 1. The van der Waals surface area contributed by atoms with Crippen molar-refractivity contribution in [2.24, 2.45) is 5.92 Å². The van der Waals surface area contributed by atoms with Gasteiger partial charge in [0.1, 0.15) is 11.7 Å². The first-order chi connectivity index (χ1) is 18.6. The minimum Gasteiger partial charge on any atom is -0.462 e. The van der Waals surface area contributed by atoms with Gasteiger partial charge in [-0.15, -0.1) is 0 Å². The summed E-state index contributed by atoms with van der Waals surface area (Å²) in [6, 6.07) is 31.5. The molecular weight excluding hydrogens is 472 g/mol. The van der Waals surface area contributed by atoms with Gasteiger partial charge in [-0.1, -0.05) is 104 Å². The summed E-state index contributed by atoms with van der Waals surface area (Å²) in [6.45, 7) is 6.82. The maximum Gasteiger partial charge on any atom is 0.309 e. The highest BCUT2D eigenvalue weighted by Crippen LogP contribution is 2.41. The van der Waals surface area contributed by atoms with Crippen LogP contribution in [0.25, 0.3) is 0 Å². The number of ether oxygens (including phenoxy) is 3. The summed E-state index contributed by atoms with van der Waals surface area (Å²) in [4.78, 5) is 11.7. The van der Waals surface area contributed by atoms with E-state index in [2.05, 4.69) is 79.4 Å². The largest absolute Gasteiger partial charge is 0.462 e. The molecule has 0 spiro atoms. The predicted molar refractivity (Wildman–Crippen MR) is 150 cm³/mol. The molecule has 4 heteroatoms.